The Balaban J connectivity index is 1.45. The molecule has 1 N–H and O–H groups in total. The highest BCUT2D eigenvalue weighted by Gasteiger charge is 2.13. The Kier molecular flexibility index (Phi) is 7.47. The van der Waals surface area contributed by atoms with Gasteiger partial charge < -0.3 is 9.30 Å². The largest absolute Gasteiger partial charge is 0.496 e. The second kappa shape index (κ2) is 10.7. The van der Waals surface area contributed by atoms with E-state index in [1.54, 1.807) is 13.3 Å². The first-order valence-electron chi connectivity index (χ1n) is 10.3. The Bertz CT molecular complexity index is 1300. The fourth-order valence-corrected chi connectivity index (χ4v) is 4.52. The van der Waals surface area contributed by atoms with Crippen molar-refractivity contribution < 1.29 is 9.53 Å². The average molecular weight is 523 g/mol. The van der Waals surface area contributed by atoms with Crippen LogP contribution in [0.15, 0.2) is 81.5 Å². The van der Waals surface area contributed by atoms with Crippen LogP contribution in [0.25, 0.3) is 11.0 Å². The molecular weight excluding hydrogens is 500 g/mol. The highest BCUT2D eigenvalue weighted by molar-refractivity contribution is 9.10. The molecule has 1 amide bonds. The van der Waals surface area contributed by atoms with E-state index in [0.717, 1.165) is 26.2 Å². The number of halogens is 1. The van der Waals surface area contributed by atoms with Crippen molar-refractivity contribution in [2.75, 3.05) is 12.9 Å². The highest BCUT2D eigenvalue weighted by Crippen LogP contribution is 2.25. The van der Waals surface area contributed by atoms with Crippen molar-refractivity contribution in [3.05, 3.63) is 87.9 Å². The topological polar surface area (TPSA) is 68.5 Å². The number of hydrogen-bond donors (Lipinski definition) is 1. The van der Waals surface area contributed by atoms with Gasteiger partial charge in [-0.3, -0.25) is 4.79 Å². The van der Waals surface area contributed by atoms with Gasteiger partial charge in [-0.05, 0) is 42.8 Å². The summed E-state index contributed by atoms with van der Waals surface area (Å²) in [5, 5.41) is 4.87. The number of nitrogens with one attached hydrogen (secondary N) is 1. The predicted octanol–water partition coefficient (Wildman–Crippen LogP) is 5.41. The number of nitrogens with zero attached hydrogens (tertiary/aromatic N) is 3. The molecular formula is C25H23BrN4O2S. The summed E-state index contributed by atoms with van der Waals surface area (Å²) in [7, 11) is 1.60. The molecule has 0 radical (unpaired) electrons. The average Bonchev–Trinajstić information content (AvgIpc) is 3.16. The lowest BCUT2D eigenvalue weighted by atomic mass is 10.1. The molecule has 0 saturated heterocycles. The van der Waals surface area contributed by atoms with Crippen molar-refractivity contribution >= 4 is 50.8 Å². The molecule has 0 saturated carbocycles. The van der Waals surface area contributed by atoms with Gasteiger partial charge in [0.15, 0.2) is 5.16 Å². The number of benzene rings is 3. The molecule has 0 unspecified atom stereocenters. The lowest BCUT2D eigenvalue weighted by Gasteiger charge is -2.09. The molecule has 0 aliphatic rings. The van der Waals surface area contributed by atoms with Crippen LogP contribution in [-0.2, 0) is 11.3 Å². The maximum atomic E-state index is 12.4. The van der Waals surface area contributed by atoms with Gasteiger partial charge in [-0.1, -0.05) is 69.7 Å². The van der Waals surface area contributed by atoms with E-state index in [1.165, 1.54) is 22.9 Å². The number of thioether (sulfide) groups is 1. The van der Waals surface area contributed by atoms with Crippen molar-refractivity contribution in [3.8, 4) is 5.75 Å². The highest BCUT2D eigenvalue weighted by atomic mass is 79.9. The Labute approximate surface area is 205 Å². The third-order valence-electron chi connectivity index (χ3n) is 5.00. The van der Waals surface area contributed by atoms with E-state index in [-0.39, 0.29) is 11.7 Å². The molecule has 0 bridgehead atoms. The molecule has 1 aromatic heterocycles. The first kappa shape index (κ1) is 23.1. The van der Waals surface area contributed by atoms with Crippen molar-refractivity contribution in [3.63, 3.8) is 0 Å². The summed E-state index contributed by atoms with van der Waals surface area (Å²) < 4.78 is 8.37. The smallest absolute Gasteiger partial charge is 0.250 e. The molecule has 0 atom stereocenters. The lowest BCUT2D eigenvalue weighted by Crippen LogP contribution is -2.20. The Morgan fingerprint density at radius 1 is 1.18 bits per heavy atom. The fraction of sp³-hybridized carbons (Fsp3) is 0.160. The van der Waals surface area contributed by atoms with Crippen molar-refractivity contribution in [1.82, 2.24) is 15.0 Å². The zero-order chi connectivity index (χ0) is 23.2. The Hall–Kier alpha value is -3.10. The monoisotopic (exact) mass is 522 g/mol. The Morgan fingerprint density at radius 2 is 1.97 bits per heavy atom. The zero-order valence-corrected chi connectivity index (χ0v) is 20.7. The van der Waals surface area contributed by atoms with E-state index >= 15 is 0 Å². The van der Waals surface area contributed by atoms with Gasteiger partial charge in [0.05, 0.1) is 36.7 Å². The minimum atomic E-state index is -0.209. The third-order valence-corrected chi connectivity index (χ3v) is 6.47. The minimum absolute atomic E-state index is 0.199. The summed E-state index contributed by atoms with van der Waals surface area (Å²) in [6, 6.07) is 22.1. The van der Waals surface area contributed by atoms with Crippen LogP contribution in [0.3, 0.4) is 0 Å². The molecule has 33 heavy (non-hydrogen) atoms. The summed E-state index contributed by atoms with van der Waals surface area (Å²) in [5.41, 5.74) is 7.71. The number of hydrazone groups is 1. The summed E-state index contributed by atoms with van der Waals surface area (Å²) in [6.45, 7) is 2.76. The summed E-state index contributed by atoms with van der Waals surface area (Å²) in [4.78, 5) is 17.2. The van der Waals surface area contributed by atoms with Gasteiger partial charge in [0.2, 0.25) is 0 Å². The van der Waals surface area contributed by atoms with Gasteiger partial charge in [0.25, 0.3) is 5.91 Å². The number of methoxy groups -OCH3 is 1. The normalized spacial score (nSPS) is 11.2. The van der Waals surface area contributed by atoms with E-state index in [1.807, 2.05) is 36.4 Å². The number of carbonyl (C=O) groups excluding carboxylic acids is 1. The first-order valence-corrected chi connectivity index (χ1v) is 12.1. The van der Waals surface area contributed by atoms with E-state index in [9.17, 15) is 4.79 Å². The predicted molar refractivity (Wildman–Crippen MR) is 137 cm³/mol. The van der Waals surface area contributed by atoms with E-state index in [0.29, 0.717) is 12.3 Å². The molecule has 0 aliphatic heterocycles. The van der Waals surface area contributed by atoms with Crippen LogP contribution in [0.2, 0.25) is 0 Å². The molecule has 1 heterocycles. The van der Waals surface area contributed by atoms with Crippen LogP contribution in [0.4, 0.5) is 0 Å². The molecule has 0 spiro atoms. The van der Waals surface area contributed by atoms with Crippen molar-refractivity contribution in [2.24, 2.45) is 5.10 Å². The number of aryl methyl sites for hydroxylation is 1. The number of carbonyl (C=O) groups is 1. The van der Waals surface area contributed by atoms with Crippen LogP contribution >= 0.6 is 27.7 Å². The second-order valence-corrected chi connectivity index (χ2v) is 9.28. The van der Waals surface area contributed by atoms with Crippen molar-refractivity contribution in [2.45, 2.75) is 18.6 Å². The number of imidazole rings is 1. The molecule has 6 nitrogen and oxygen atoms in total. The van der Waals surface area contributed by atoms with Crippen LogP contribution in [-0.4, -0.2) is 34.5 Å². The van der Waals surface area contributed by atoms with Crippen LogP contribution in [0, 0.1) is 6.92 Å². The van der Waals surface area contributed by atoms with Gasteiger partial charge in [-0.2, -0.15) is 5.10 Å². The van der Waals surface area contributed by atoms with Gasteiger partial charge in [0, 0.05) is 10.0 Å². The summed E-state index contributed by atoms with van der Waals surface area (Å²) in [5.74, 6) is 0.666. The Morgan fingerprint density at radius 3 is 2.76 bits per heavy atom. The number of para-hydroxylation sites is 2. The van der Waals surface area contributed by atoms with Gasteiger partial charge in [-0.25, -0.2) is 10.4 Å². The van der Waals surface area contributed by atoms with Crippen LogP contribution < -0.4 is 10.2 Å². The zero-order valence-electron chi connectivity index (χ0n) is 18.3. The maximum absolute atomic E-state index is 12.4. The van der Waals surface area contributed by atoms with Gasteiger partial charge >= 0.3 is 0 Å². The molecule has 8 heteroatoms. The standard InChI is InChI=1S/C25H23BrN4O2S/c1-17-7-9-18(10-8-17)15-30-22-6-4-3-5-21(22)28-25(30)33-16-24(31)29-27-14-19-13-20(26)11-12-23(19)32-2/h3-14H,15-16H2,1-2H3,(H,29,31). The molecule has 0 aliphatic carbocycles. The number of amides is 1. The van der Waals surface area contributed by atoms with Crippen LogP contribution in [0.1, 0.15) is 16.7 Å². The number of rotatable bonds is 8. The van der Waals surface area contributed by atoms with Crippen molar-refractivity contribution in [1.29, 1.82) is 0 Å². The SMILES string of the molecule is COc1ccc(Br)cc1C=NNC(=O)CSc1nc2ccccc2n1Cc1ccc(C)cc1. The number of aromatic nitrogens is 2. The quantitative estimate of drug-likeness (QED) is 0.191. The molecule has 0 fully saturated rings. The van der Waals surface area contributed by atoms with Gasteiger partial charge in [0.1, 0.15) is 5.75 Å². The van der Waals surface area contributed by atoms with Crippen LogP contribution in [0.5, 0.6) is 5.75 Å². The maximum Gasteiger partial charge on any atom is 0.250 e. The second-order valence-electron chi connectivity index (χ2n) is 7.42. The fourth-order valence-electron chi connectivity index (χ4n) is 3.33. The van der Waals surface area contributed by atoms with E-state index in [4.69, 9.17) is 9.72 Å². The minimum Gasteiger partial charge on any atom is -0.496 e. The molecule has 3 aromatic carbocycles. The van der Waals surface area contributed by atoms with Gasteiger partial charge in [-0.15, -0.1) is 0 Å². The first-order chi connectivity index (χ1) is 16.0. The molecule has 4 rings (SSSR count). The lowest BCUT2D eigenvalue weighted by molar-refractivity contribution is -0.118. The summed E-state index contributed by atoms with van der Waals surface area (Å²) in [6.07, 6.45) is 1.57. The summed E-state index contributed by atoms with van der Waals surface area (Å²) >= 11 is 4.82. The molecule has 168 valence electrons. The number of ether oxygens (including phenoxy) is 1. The number of fused-ring (bicyclic) bond motifs is 1. The number of hydrogen-bond acceptors (Lipinski definition) is 5. The third kappa shape index (κ3) is 5.83. The van der Waals surface area contributed by atoms with E-state index < -0.39 is 0 Å². The van der Waals surface area contributed by atoms with E-state index in [2.05, 4.69) is 68.3 Å². The molecule has 4 aromatic rings.